The first-order valence-corrected chi connectivity index (χ1v) is 8.45. The number of benzene rings is 1. The van der Waals surface area contributed by atoms with E-state index in [9.17, 15) is 4.39 Å². The Balaban J connectivity index is 1.77. The zero-order chi connectivity index (χ0) is 16.4. The van der Waals surface area contributed by atoms with E-state index in [1.54, 1.807) is 6.07 Å². The Kier molecular flexibility index (Phi) is 4.93. The fraction of sp³-hybridized carbons (Fsp3) is 0.444. The van der Waals surface area contributed by atoms with Crippen LogP contribution in [0.4, 0.5) is 4.39 Å². The van der Waals surface area contributed by atoms with Crippen molar-refractivity contribution in [1.82, 2.24) is 14.9 Å². The molecule has 1 aromatic heterocycles. The van der Waals surface area contributed by atoms with Crippen molar-refractivity contribution in [3.8, 4) is 0 Å². The average Bonchev–Trinajstić information content (AvgIpc) is 2.55. The van der Waals surface area contributed by atoms with Gasteiger partial charge >= 0.3 is 0 Å². The van der Waals surface area contributed by atoms with Crippen molar-refractivity contribution >= 4 is 11.6 Å². The van der Waals surface area contributed by atoms with E-state index in [4.69, 9.17) is 11.6 Å². The molecule has 0 unspecified atom stereocenters. The van der Waals surface area contributed by atoms with E-state index in [0.29, 0.717) is 17.1 Å². The number of halogens is 2. The number of hydrogen-bond donors (Lipinski definition) is 0. The molecule has 0 atom stereocenters. The van der Waals surface area contributed by atoms with Gasteiger partial charge in [-0.3, -0.25) is 4.90 Å². The molecule has 0 fully saturated rings. The van der Waals surface area contributed by atoms with Crippen LogP contribution in [-0.4, -0.2) is 21.4 Å². The summed E-state index contributed by atoms with van der Waals surface area (Å²) in [4.78, 5) is 11.3. The molecular weight excluding hydrogens is 313 g/mol. The molecule has 0 aliphatic carbocycles. The molecule has 1 aliphatic rings. The SMILES string of the molecule is CCCc1ncc2c(n1)CCN(Cc1c(F)ccc(C)c1Cl)C2. The summed E-state index contributed by atoms with van der Waals surface area (Å²) in [6.07, 6.45) is 4.77. The van der Waals surface area contributed by atoms with Gasteiger partial charge in [-0.25, -0.2) is 14.4 Å². The fourth-order valence-electron chi connectivity index (χ4n) is 2.98. The van der Waals surface area contributed by atoms with Crippen molar-refractivity contribution in [2.45, 2.75) is 46.2 Å². The van der Waals surface area contributed by atoms with Crippen molar-refractivity contribution in [3.63, 3.8) is 0 Å². The van der Waals surface area contributed by atoms with Gasteiger partial charge in [0.1, 0.15) is 11.6 Å². The molecule has 0 saturated carbocycles. The number of fused-ring (bicyclic) bond motifs is 1. The number of aryl methyl sites for hydroxylation is 2. The lowest BCUT2D eigenvalue weighted by molar-refractivity contribution is 0.239. The lowest BCUT2D eigenvalue weighted by Crippen LogP contribution is -2.31. The van der Waals surface area contributed by atoms with Crippen LogP contribution >= 0.6 is 11.6 Å². The molecule has 0 saturated heterocycles. The Morgan fingerprint density at radius 2 is 2.17 bits per heavy atom. The van der Waals surface area contributed by atoms with Crippen molar-refractivity contribution < 1.29 is 4.39 Å². The molecule has 0 amide bonds. The molecule has 23 heavy (non-hydrogen) atoms. The Morgan fingerprint density at radius 3 is 2.96 bits per heavy atom. The summed E-state index contributed by atoms with van der Waals surface area (Å²) in [6, 6.07) is 3.21. The van der Waals surface area contributed by atoms with Crippen molar-refractivity contribution in [2.24, 2.45) is 0 Å². The first-order valence-electron chi connectivity index (χ1n) is 8.08. The lowest BCUT2D eigenvalue weighted by Gasteiger charge is -2.28. The quantitative estimate of drug-likeness (QED) is 0.844. The van der Waals surface area contributed by atoms with E-state index in [2.05, 4.69) is 21.8 Å². The molecular formula is C18H21ClFN3. The van der Waals surface area contributed by atoms with E-state index in [-0.39, 0.29) is 5.82 Å². The van der Waals surface area contributed by atoms with Gasteiger partial charge in [0.15, 0.2) is 0 Å². The smallest absolute Gasteiger partial charge is 0.129 e. The van der Waals surface area contributed by atoms with Crippen LogP contribution in [0.5, 0.6) is 0 Å². The highest BCUT2D eigenvalue weighted by molar-refractivity contribution is 6.32. The Hall–Kier alpha value is -1.52. The van der Waals surface area contributed by atoms with Crippen molar-refractivity contribution in [2.75, 3.05) is 6.54 Å². The highest BCUT2D eigenvalue weighted by Gasteiger charge is 2.21. The van der Waals surface area contributed by atoms with Crippen LogP contribution in [0.2, 0.25) is 5.02 Å². The molecule has 0 bridgehead atoms. The molecule has 2 heterocycles. The maximum atomic E-state index is 14.1. The van der Waals surface area contributed by atoms with Crippen LogP contribution in [0.15, 0.2) is 18.3 Å². The van der Waals surface area contributed by atoms with Gasteiger partial charge in [-0.15, -0.1) is 0 Å². The van der Waals surface area contributed by atoms with Gasteiger partial charge in [-0.2, -0.15) is 0 Å². The monoisotopic (exact) mass is 333 g/mol. The highest BCUT2D eigenvalue weighted by Crippen LogP contribution is 2.27. The third kappa shape index (κ3) is 3.54. The zero-order valence-corrected chi connectivity index (χ0v) is 14.3. The number of rotatable bonds is 4. The highest BCUT2D eigenvalue weighted by atomic mass is 35.5. The van der Waals surface area contributed by atoms with Crippen LogP contribution in [0, 0.1) is 12.7 Å². The second-order valence-electron chi connectivity index (χ2n) is 6.13. The van der Waals surface area contributed by atoms with Crippen molar-refractivity contribution in [3.05, 3.63) is 57.4 Å². The standard InChI is InChI=1S/C18H21ClFN3/c1-3-4-17-21-9-13-10-23(8-7-16(13)22-17)11-14-15(20)6-5-12(2)18(14)19/h5-6,9H,3-4,7-8,10-11H2,1-2H3. The van der Waals surface area contributed by atoms with Crippen molar-refractivity contribution in [1.29, 1.82) is 0 Å². The second kappa shape index (κ2) is 6.93. The third-order valence-electron chi connectivity index (χ3n) is 4.30. The summed E-state index contributed by atoms with van der Waals surface area (Å²) < 4.78 is 14.1. The molecule has 122 valence electrons. The third-order valence-corrected chi connectivity index (χ3v) is 4.82. The molecule has 0 N–H and O–H groups in total. The van der Waals surface area contributed by atoms with E-state index < -0.39 is 0 Å². The first kappa shape index (κ1) is 16.3. The molecule has 1 aromatic carbocycles. The van der Waals surface area contributed by atoms with Crippen LogP contribution in [0.3, 0.4) is 0 Å². The summed E-state index contributed by atoms with van der Waals surface area (Å²) in [5.74, 6) is 0.688. The predicted molar refractivity (Wildman–Crippen MR) is 90.0 cm³/mol. The van der Waals surface area contributed by atoms with Crippen LogP contribution in [0.1, 0.15) is 41.6 Å². The van der Waals surface area contributed by atoms with Gasteiger partial charge in [0, 0.05) is 55.5 Å². The Morgan fingerprint density at radius 1 is 1.35 bits per heavy atom. The molecule has 3 nitrogen and oxygen atoms in total. The van der Waals surface area contributed by atoms with Gasteiger partial charge in [-0.05, 0) is 25.0 Å². The topological polar surface area (TPSA) is 29.0 Å². The molecule has 5 heteroatoms. The predicted octanol–water partition coefficient (Wildman–Crippen LogP) is 4.09. The Bertz CT molecular complexity index is 718. The summed E-state index contributed by atoms with van der Waals surface area (Å²) >= 11 is 6.28. The summed E-state index contributed by atoms with van der Waals surface area (Å²) in [6.45, 7) is 6.15. The van der Waals surface area contributed by atoms with Gasteiger partial charge in [0.25, 0.3) is 0 Å². The summed E-state index contributed by atoms with van der Waals surface area (Å²) in [5.41, 5.74) is 3.77. The molecule has 3 rings (SSSR count). The average molecular weight is 334 g/mol. The summed E-state index contributed by atoms with van der Waals surface area (Å²) in [5, 5.41) is 0.533. The number of aromatic nitrogens is 2. The summed E-state index contributed by atoms with van der Waals surface area (Å²) in [7, 11) is 0. The fourth-order valence-corrected chi connectivity index (χ4v) is 3.19. The largest absolute Gasteiger partial charge is 0.294 e. The minimum absolute atomic E-state index is 0.235. The van der Waals surface area contributed by atoms with Gasteiger partial charge in [0.05, 0.1) is 5.02 Å². The molecule has 0 radical (unpaired) electrons. The second-order valence-corrected chi connectivity index (χ2v) is 6.50. The van der Waals surface area contributed by atoms with Gasteiger partial charge < -0.3 is 0 Å². The van der Waals surface area contributed by atoms with E-state index in [1.807, 2.05) is 13.1 Å². The minimum Gasteiger partial charge on any atom is -0.294 e. The zero-order valence-electron chi connectivity index (χ0n) is 13.6. The maximum absolute atomic E-state index is 14.1. The van der Waals surface area contributed by atoms with Gasteiger partial charge in [0.2, 0.25) is 0 Å². The molecule has 2 aromatic rings. The molecule has 1 aliphatic heterocycles. The van der Waals surface area contributed by atoms with E-state index in [1.165, 1.54) is 6.07 Å². The van der Waals surface area contributed by atoms with Crippen LogP contribution in [-0.2, 0) is 25.9 Å². The maximum Gasteiger partial charge on any atom is 0.129 e. The molecule has 0 spiro atoms. The van der Waals surface area contributed by atoms with E-state index in [0.717, 1.165) is 55.0 Å². The number of hydrogen-bond acceptors (Lipinski definition) is 3. The van der Waals surface area contributed by atoms with Gasteiger partial charge in [-0.1, -0.05) is 24.6 Å². The van der Waals surface area contributed by atoms with E-state index >= 15 is 0 Å². The number of nitrogens with zero attached hydrogens (tertiary/aromatic N) is 3. The normalized spacial score (nSPS) is 14.8. The first-order chi connectivity index (χ1) is 11.1. The minimum atomic E-state index is -0.235. The van der Waals surface area contributed by atoms with Crippen LogP contribution < -0.4 is 0 Å². The Labute approximate surface area is 141 Å². The lowest BCUT2D eigenvalue weighted by atomic mass is 10.0. The van der Waals surface area contributed by atoms with Crippen LogP contribution in [0.25, 0.3) is 0 Å².